The molecule has 0 amide bonds. The van der Waals surface area contributed by atoms with Gasteiger partial charge in [0.15, 0.2) is 0 Å². The molecule has 3 heteroatoms. The second-order valence-corrected chi connectivity index (χ2v) is 4.67. The summed E-state index contributed by atoms with van der Waals surface area (Å²) in [6, 6.07) is 8.52. The Labute approximate surface area is 107 Å². The third kappa shape index (κ3) is 2.14. The topological polar surface area (TPSA) is 46.0 Å². The monoisotopic (exact) mass is 240 g/mol. The number of aromatic nitrogens is 2. The molecule has 1 N–H and O–H groups in total. The van der Waals surface area contributed by atoms with Crippen molar-refractivity contribution in [1.82, 2.24) is 9.97 Å². The summed E-state index contributed by atoms with van der Waals surface area (Å²) in [5.74, 6) is 0.704. The summed E-state index contributed by atoms with van der Waals surface area (Å²) in [7, 11) is 0. The van der Waals surface area contributed by atoms with Crippen LogP contribution in [0.25, 0.3) is 11.3 Å². The normalized spacial score (nSPS) is 13.6. The van der Waals surface area contributed by atoms with Crippen LogP contribution in [-0.4, -0.2) is 21.7 Å². The Balaban J connectivity index is 1.96. The number of rotatable bonds is 3. The highest BCUT2D eigenvalue weighted by Crippen LogP contribution is 2.27. The number of aliphatic hydroxyl groups excluding tert-OH is 1. The van der Waals surface area contributed by atoms with Gasteiger partial charge in [-0.15, -0.1) is 0 Å². The zero-order valence-corrected chi connectivity index (χ0v) is 10.3. The molecule has 0 fully saturated rings. The number of hydrogen-bond acceptors (Lipinski definition) is 3. The maximum absolute atomic E-state index is 8.93. The highest BCUT2D eigenvalue weighted by atomic mass is 16.3. The van der Waals surface area contributed by atoms with Crippen molar-refractivity contribution in [2.45, 2.75) is 25.7 Å². The Bertz CT molecular complexity index is 566. The highest BCUT2D eigenvalue weighted by molar-refractivity contribution is 5.61. The van der Waals surface area contributed by atoms with Crippen molar-refractivity contribution in [2.24, 2.45) is 0 Å². The van der Waals surface area contributed by atoms with Crippen molar-refractivity contribution in [3.05, 3.63) is 47.4 Å². The molecule has 1 heterocycles. The number of nitrogens with zero attached hydrogens (tertiary/aromatic N) is 2. The molecule has 0 radical (unpaired) electrons. The molecule has 0 saturated heterocycles. The van der Waals surface area contributed by atoms with E-state index in [-0.39, 0.29) is 6.61 Å². The highest BCUT2D eigenvalue weighted by Gasteiger charge is 2.12. The maximum atomic E-state index is 8.93. The van der Waals surface area contributed by atoms with Crippen LogP contribution in [-0.2, 0) is 19.3 Å². The molecule has 1 aromatic carbocycles. The molecular formula is C15H16N2O. The summed E-state index contributed by atoms with van der Waals surface area (Å²) < 4.78 is 0. The van der Waals surface area contributed by atoms with Gasteiger partial charge in [-0.25, -0.2) is 9.97 Å². The third-order valence-corrected chi connectivity index (χ3v) is 3.44. The van der Waals surface area contributed by atoms with Gasteiger partial charge in [0.25, 0.3) is 0 Å². The van der Waals surface area contributed by atoms with Crippen LogP contribution in [0.2, 0.25) is 0 Å². The first-order chi connectivity index (χ1) is 8.86. The molecule has 3 nitrogen and oxygen atoms in total. The van der Waals surface area contributed by atoms with Crippen LogP contribution < -0.4 is 0 Å². The van der Waals surface area contributed by atoms with E-state index in [4.69, 9.17) is 5.11 Å². The van der Waals surface area contributed by atoms with E-state index in [2.05, 4.69) is 28.2 Å². The van der Waals surface area contributed by atoms with Gasteiger partial charge < -0.3 is 5.11 Å². The van der Waals surface area contributed by atoms with Crippen LogP contribution in [0.4, 0.5) is 0 Å². The summed E-state index contributed by atoms with van der Waals surface area (Å²) in [6.45, 7) is 0.0909. The summed E-state index contributed by atoms with van der Waals surface area (Å²) in [6.07, 6.45) is 5.92. The van der Waals surface area contributed by atoms with E-state index in [9.17, 15) is 0 Å². The van der Waals surface area contributed by atoms with E-state index in [1.807, 2.05) is 6.07 Å². The van der Waals surface area contributed by atoms with Crippen LogP contribution in [0.3, 0.4) is 0 Å². The molecule has 0 atom stereocenters. The van der Waals surface area contributed by atoms with Crippen molar-refractivity contribution in [3.63, 3.8) is 0 Å². The summed E-state index contributed by atoms with van der Waals surface area (Å²) in [5, 5.41) is 8.93. The lowest BCUT2D eigenvalue weighted by atomic mass is 10.0. The first kappa shape index (κ1) is 11.4. The first-order valence-electron chi connectivity index (χ1n) is 6.42. The molecular weight excluding hydrogens is 224 g/mol. The quantitative estimate of drug-likeness (QED) is 0.894. The minimum atomic E-state index is 0.0909. The van der Waals surface area contributed by atoms with E-state index < -0.39 is 0 Å². The molecule has 1 aliphatic rings. The molecule has 3 rings (SSSR count). The fourth-order valence-electron chi connectivity index (χ4n) is 2.51. The number of aryl methyl sites for hydroxylation is 2. The number of hydrogen-bond donors (Lipinski definition) is 1. The molecule has 0 saturated carbocycles. The van der Waals surface area contributed by atoms with E-state index in [0.717, 1.165) is 11.3 Å². The lowest BCUT2D eigenvalue weighted by molar-refractivity contribution is 0.296. The molecule has 1 aliphatic carbocycles. The molecule has 0 unspecified atom stereocenters. The number of aliphatic hydroxyl groups is 1. The van der Waals surface area contributed by atoms with Crippen LogP contribution in [0, 0.1) is 0 Å². The largest absolute Gasteiger partial charge is 0.396 e. The fourth-order valence-corrected chi connectivity index (χ4v) is 2.51. The molecule has 18 heavy (non-hydrogen) atoms. The van der Waals surface area contributed by atoms with Gasteiger partial charge >= 0.3 is 0 Å². The molecule has 2 aromatic rings. The van der Waals surface area contributed by atoms with Crippen molar-refractivity contribution >= 4 is 0 Å². The lowest BCUT2D eigenvalue weighted by Gasteiger charge is -2.05. The zero-order chi connectivity index (χ0) is 12.4. The summed E-state index contributed by atoms with van der Waals surface area (Å²) in [5.41, 5.74) is 5.03. The second-order valence-electron chi connectivity index (χ2n) is 4.67. The Morgan fingerprint density at radius 1 is 1.11 bits per heavy atom. The predicted octanol–water partition coefficient (Wildman–Crippen LogP) is 2.17. The predicted molar refractivity (Wildman–Crippen MR) is 70.3 cm³/mol. The van der Waals surface area contributed by atoms with Gasteiger partial charge in [0.05, 0.1) is 12.3 Å². The van der Waals surface area contributed by atoms with Gasteiger partial charge in [-0.3, -0.25) is 0 Å². The van der Waals surface area contributed by atoms with Crippen LogP contribution in [0.1, 0.15) is 23.4 Å². The second kappa shape index (κ2) is 4.86. The standard InChI is InChI=1S/C15H16N2O/c18-9-7-15-16-8-6-14(17-15)13-5-4-11-2-1-3-12(11)10-13/h4-6,8,10,18H,1-3,7,9H2. The smallest absolute Gasteiger partial charge is 0.131 e. The summed E-state index contributed by atoms with van der Waals surface area (Å²) in [4.78, 5) is 8.64. The molecule has 0 aliphatic heterocycles. The van der Waals surface area contributed by atoms with Gasteiger partial charge in [0.2, 0.25) is 0 Å². The fraction of sp³-hybridized carbons (Fsp3) is 0.333. The van der Waals surface area contributed by atoms with Crippen molar-refractivity contribution in [2.75, 3.05) is 6.61 Å². The molecule has 0 spiro atoms. The van der Waals surface area contributed by atoms with Gasteiger partial charge in [-0.05, 0) is 42.5 Å². The number of benzene rings is 1. The average Bonchev–Trinajstić information content (AvgIpc) is 2.86. The Kier molecular flexibility index (Phi) is 3.07. The Morgan fingerprint density at radius 3 is 2.89 bits per heavy atom. The van der Waals surface area contributed by atoms with Crippen molar-refractivity contribution < 1.29 is 5.11 Å². The molecule has 92 valence electrons. The summed E-state index contributed by atoms with van der Waals surface area (Å²) >= 11 is 0. The van der Waals surface area contributed by atoms with E-state index in [1.54, 1.807) is 6.20 Å². The van der Waals surface area contributed by atoms with Gasteiger partial charge in [0.1, 0.15) is 5.82 Å². The van der Waals surface area contributed by atoms with Crippen LogP contribution in [0.15, 0.2) is 30.5 Å². The first-order valence-corrected chi connectivity index (χ1v) is 6.42. The van der Waals surface area contributed by atoms with Gasteiger partial charge in [-0.2, -0.15) is 0 Å². The average molecular weight is 240 g/mol. The van der Waals surface area contributed by atoms with E-state index in [0.29, 0.717) is 12.2 Å². The SMILES string of the molecule is OCCc1nccc(-c2ccc3c(c2)CCC3)n1. The van der Waals surface area contributed by atoms with Crippen LogP contribution in [0.5, 0.6) is 0 Å². The lowest BCUT2D eigenvalue weighted by Crippen LogP contribution is -1.99. The van der Waals surface area contributed by atoms with Gasteiger partial charge in [-0.1, -0.05) is 12.1 Å². The third-order valence-electron chi connectivity index (χ3n) is 3.44. The van der Waals surface area contributed by atoms with E-state index in [1.165, 1.54) is 30.4 Å². The maximum Gasteiger partial charge on any atom is 0.131 e. The zero-order valence-electron chi connectivity index (χ0n) is 10.3. The minimum Gasteiger partial charge on any atom is -0.396 e. The molecule has 1 aromatic heterocycles. The Hall–Kier alpha value is -1.74. The van der Waals surface area contributed by atoms with Crippen LogP contribution >= 0.6 is 0 Å². The van der Waals surface area contributed by atoms with Crippen molar-refractivity contribution in [3.8, 4) is 11.3 Å². The number of fused-ring (bicyclic) bond motifs is 1. The van der Waals surface area contributed by atoms with Crippen molar-refractivity contribution in [1.29, 1.82) is 0 Å². The molecule has 0 bridgehead atoms. The van der Waals surface area contributed by atoms with E-state index >= 15 is 0 Å². The Morgan fingerprint density at radius 2 is 2.00 bits per heavy atom. The minimum absolute atomic E-state index is 0.0909. The van der Waals surface area contributed by atoms with Gasteiger partial charge in [0, 0.05) is 18.2 Å².